The molecule has 1 aromatic heterocycles. The van der Waals surface area contributed by atoms with E-state index in [1.54, 1.807) is 12.1 Å². The van der Waals surface area contributed by atoms with Crippen molar-refractivity contribution in [3.05, 3.63) is 64.7 Å². The Morgan fingerprint density at radius 3 is 2.34 bits per heavy atom. The molecule has 1 unspecified atom stereocenters. The Hall–Kier alpha value is -4.12. The SMILES string of the molecule is CCc1ccc(C(N)NC(=O)c2n[nH]c(CCNC(=O)c3ccc(OC)c(OC)c3OC)n2)cc1. The average Bonchev–Trinajstić information content (AvgIpc) is 3.36. The van der Waals surface area contributed by atoms with Gasteiger partial charge < -0.3 is 30.6 Å². The molecule has 11 nitrogen and oxygen atoms in total. The highest BCUT2D eigenvalue weighted by atomic mass is 16.5. The van der Waals surface area contributed by atoms with E-state index in [-0.39, 0.29) is 24.0 Å². The van der Waals surface area contributed by atoms with Crippen molar-refractivity contribution in [2.75, 3.05) is 27.9 Å². The van der Waals surface area contributed by atoms with Crippen LogP contribution >= 0.6 is 0 Å². The summed E-state index contributed by atoms with van der Waals surface area (Å²) in [5.41, 5.74) is 8.35. The molecule has 11 heteroatoms. The smallest absolute Gasteiger partial charge is 0.292 e. The molecule has 0 aliphatic carbocycles. The number of nitrogens with one attached hydrogen (secondary N) is 3. The van der Waals surface area contributed by atoms with Gasteiger partial charge >= 0.3 is 0 Å². The van der Waals surface area contributed by atoms with Crippen molar-refractivity contribution >= 4 is 11.8 Å². The molecule has 186 valence electrons. The second-order valence-electron chi connectivity index (χ2n) is 7.54. The van der Waals surface area contributed by atoms with Crippen LogP contribution in [0.25, 0.3) is 0 Å². The number of hydrogen-bond donors (Lipinski definition) is 4. The van der Waals surface area contributed by atoms with E-state index in [0.29, 0.717) is 29.3 Å². The zero-order valence-corrected chi connectivity index (χ0v) is 20.2. The molecule has 0 saturated carbocycles. The maximum Gasteiger partial charge on any atom is 0.292 e. The van der Waals surface area contributed by atoms with Crippen LogP contribution in [0.3, 0.4) is 0 Å². The van der Waals surface area contributed by atoms with Crippen molar-refractivity contribution in [3.8, 4) is 17.2 Å². The second kappa shape index (κ2) is 11.8. The molecule has 0 bridgehead atoms. The van der Waals surface area contributed by atoms with Crippen LogP contribution in [-0.4, -0.2) is 54.9 Å². The lowest BCUT2D eigenvalue weighted by molar-refractivity contribution is 0.0924. The molecule has 5 N–H and O–H groups in total. The molecule has 1 atom stereocenters. The summed E-state index contributed by atoms with van der Waals surface area (Å²) in [6.45, 7) is 2.31. The molecule has 35 heavy (non-hydrogen) atoms. The minimum absolute atomic E-state index is 0.0338. The molecule has 0 radical (unpaired) electrons. The summed E-state index contributed by atoms with van der Waals surface area (Å²) in [6, 6.07) is 10.9. The van der Waals surface area contributed by atoms with Crippen LogP contribution in [-0.2, 0) is 12.8 Å². The van der Waals surface area contributed by atoms with Gasteiger partial charge in [0, 0.05) is 13.0 Å². The number of benzene rings is 2. The van der Waals surface area contributed by atoms with E-state index in [1.165, 1.54) is 26.9 Å². The number of ether oxygens (including phenoxy) is 3. The number of rotatable bonds is 11. The van der Waals surface area contributed by atoms with E-state index in [0.717, 1.165) is 12.0 Å². The molecule has 0 aliphatic heterocycles. The van der Waals surface area contributed by atoms with Crippen molar-refractivity contribution in [3.63, 3.8) is 0 Å². The number of nitrogens with two attached hydrogens (primary N) is 1. The Balaban J connectivity index is 1.56. The van der Waals surface area contributed by atoms with Crippen LogP contribution in [0.2, 0.25) is 0 Å². The Kier molecular flexibility index (Phi) is 8.63. The molecule has 3 aromatic rings. The topological polar surface area (TPSA) is 153 Å². The summed E-state index contributed by atoms with van der Waals surface area (Å²) in [4.78, 5) is 29.3. The third kappa shape index (κ3) is 6.07. The number of aromatic nitrogens is 3. The highest BCUT2D eigenvalue weighted by molar-refractivity contribution is 5.98. The molecule has 0 aliphatic rings. The summed E-state index contributed by atoms with van der Waals surface area (Å²) < 4.78 is 15.9. The number of aryl methyl sites for hydroxylation is 1. The van der Waals surface area contributed by atoms with Gasteiger partial charge in [-0.15, -0.1) is 5.10 Å². The first-order valence-electron chi connectivity index (χ1n) is 11.1. The highest BCUT2D eigenvalue weighted by Gasteiger charge is 2.21. The van der Waals surface area contributed by atoms with E-state index in [9.17, 15) is 9.59 Å². The Morgan fingerprint density at radius 1 is 1.00 bits per heavy atom. The predicted octanol–water partition coefficient (Wildman–Crippen LogP) is 1.75. The fourth-order valence-electron chi connectivity index (χ4n) is 3.43. The van der Waals surface area contributed by atoms with Crippen molar-refractivity contribution in [1.29, 1.82) is 0 Å². The van der Waals surface area contributed by atoms with Crippen molar-refractivity contribution in [2.24, 2.45) is 5.73 Å². The molecule has 1 heterocycles. The fourth-order valence-corrected chi connectivity index (χ4v) is 3.43. The maximum atomic E-state index is 12.7. The van der Waals surface area contributed by atoms with Crippen molar-refractivity contribution in [1.82, 2.24) is 25.8 Å². The summed E-state index contributed by atoms with van der Waals surface area (Å²) >= 11 is 0. The second-order valence-corrected chi connectivity index (χ2v) is 7.54. The van der Waals surface area contributed by atoms with Crippen molar-refractivity contribution < 1.29 is 23.8 Å². The van der Waals surface area contributed by atoms with E-state index >= 15 is 0 Å². The largest absolute Gasteiger partial charge is 0.493 e. The van der Waals surface area contributed by atoms with Crippen molar-refractivity contribution in [2.45, 2.75) is 25.9 Å². The first-order valence-corrected chi connectivity index (χ1v) is 11.1. The van der Waals surface area contributed by atoms with Gasteiger partial charge in [-0.25, -0.2) is 4.98 Å². The van der Waals surface area contributed by atoms with Gasteiger partial charge in [0.25, 0.3) is 11.8 Å². The van der Waals surface area contributed by atoms with Gasteiger partial charge in [0.2, 0.25) is 11.6 Å². The summed E-state index contributed by atoms with van der Waals surface area (Å²) in [5.74, 6) is 0.589. The number of hydrogen-bond acceptors (Lipinski definition) is 8. The molecule has 0 spiro atoms. The Morgan fingerprint density at radius 2 is 1.71 bits per heavy atom. The zero-order chi connectivity index (χ0) is 25.4. The van der Waals surface area contributed by atoms with Gasteiger partial charge in [0.15, 0.2) is 11.5 Å². The van der Waals surface area contributed by atoms with Crippen LogP contribution < -0.4 is 30.6 Å². The first kappa shape index (κ1) is 25.5. The number of carbonyl (C=O) groups excluding carboxylic acids is 2. The van der Waals surface area contributed by atoms with Crippen LogP contribution in [0.4, 0.5) is 0 Å². The molecular formula is C24H30N6O5. The zero-order valence-electron chi connectivity index (χ0n) is 20.2. The number of carbonyl (C=O) groups is 2. The quantitative estimate of drug-likeness (QED) is 0.302. The summed E-state index contributed by atoms with van der Waals surface area (Å²) in [6.07, 6.45) is 0.558. The van der Waals surface area contributed by atoms with Gasteiger partial charge in [-0.1, -0.05) is 31.2 Å². The minimum Gasteiger partial charge on any atom is -0.493 e. The molecule has 3 rings (SSSR count). The molecule has 2 aromatic carbocycles. The van der Waals surface area contributed by atoms with Gasteiger partial charge in [-0.2, -0.15) is 0 Å². The Bertz CT molecular complexity index is 1160. The van der Waals surface area contributed by atoms with Crippen LogP contribution in [0.1, 0.15) is 51.0 Å². The number of amides is 2. The van der Waals surface area contributed by atoms with Crippen LogP contribution in [0.5, 0.6) is 17.2 Å². The normalized spacial score (nSPS) is 11.5. The predicted molar refractivity (Wildman–Crippen MR) is 129 cm³/mol. The number of H-pyrrole nitrogens is 1. The summed E-state index contributed by atoms with van der Waals surface area (Å²) in [7, 11) is 4.41. The molecular weight excluding hydrogens is 452 g/mol. The number of aromatic amines is 1. The number of nitrogens with zero attached hydrogens (tertiary/aromatic N) is 2. The lowest BCUT2D eigenvalue weighted by atomic mass is 10.1. The number of methoxy groups -OCH3 is 3. The third-order valence-electron chi connectivity index (χ3n) is 5.36. The molecule has 0 saturated heterocycles. The molecule has 0 fully saturated rings. The standard InChI is InChI=1S/C24H30N6O5/c1-5-14-6-8-15(9-7-14)21(25)28-24(32)22-27-18(29-30-22)12-13-26-23(31)16-10-11-17(33-2)20(35-4)19(16)34-3/h6-11,21H,5,12-13,25H2,1-4H3,(H,26,31)(H,28,32)(H,27,29,30). The van der Waals surface area contributed by atoms with E-state index in [2.05, 4.69) is 32.7 Å². The first-order chi connectivity index (χ1) is 16.9. The van der Waals surface area contributed by atoms with E-state index in [4.69, 9.17) is 19.9 Å². The van der Waals surface area contributed by atoms with Gasteiger partial charge in [0.1, 0.15) is 12.0 Å². The van der Waals surface area contributed by atoms with Crippen LogP contribution in [0.15, 0.2) is 36.4 Å². The van der Waals surface area contributed by atoms with Gasteiger partial charge in [-0.3, -0.25) is 14.7 Å². The summed E-state index contributed by atoms with van der Waals surface area (Å²) in [5, 5.41) is 12.1. The average molecular weight is 483 g/mol. The fraction of sp³-hybridized carbons (Fsp3) is 0.333. The molecule has 2 amide bonds. The van der Waals surface area contributed by atoms with Gasteiger partial charge in [-0.05, 0) is 29.7 Å². The monoisotopic (exact) mass is 482 g/mol. The highest BCUT2D eigenvalue weighted by Crippen LogP contribution is 2.39. The lowest BCUT2D eigenvalue weighted by Gasteiger charge is -2.15. The maximum absolute atomic E-state index is 12.7. The minimum atomic E-state index is -0.689. The van der Waals surface area contributed by atoms with Crippen LogP contribution in [0, 0.1) is 0 Å². The van der Waals surface area contributed by atoms with Gasteiger partial charge in [0.05, 0.1) is 26.9 Å². The Labute approximate surface area is 203 Å². The van der Waals surface area contributed by atoms with E-state index < -0.39 is 12.1 Å². The third-order valence-corrected chi connectivity index (χ3v) is 5.36. The van der Waals surface area contributed by atoms with E-state index in [1.807, 2.05) is 24.3 Å². The lowest BCUT2D eigenvalue weighted by Crippen LogP contribution is -2.34.